The average molecular weight is 292 g/mol. The third-order valence-electron chi connectivity index (χ3n) is 2.83. The molecule has 0 saturated heterocycles. The van der Waals surface area contributed by atoms with E-state index in [4.69, 9.17) is 5.11 Å². The number of halogens is 1. The number of carboxylic acids is 1. The van der Waals surface area contributed by atoms with Crippen LogP contribution in [0.15, 0.2) is 28.7 Å². The van der Waals surface area contributed by atoms with E-state index in [0.29, 0.717) is 26.5 Å². The van der Waals surface area contributed by atoms with Gasteiger partial charge in [0.15, 0.2) is 0 Å². The first-order valence-electron chi connectivity index (χ1n) is 4.89. The molecular formula is C12H6BrNO3. The summed E-state index contributed by atoms with van der Waals surface area (Å²) in [4.78, 5) is 22.8. The molecule has 0 fully saturated rings. The Morgan fingerprint density at radius 3 is 2.65 bits per heavy atom. The number of amides is 1. The Bertz CT molecular complexity index is 694. The fourth-order valence-corrected chi connectivity index (χ4v) is 2.66. The first kappa shape index (κ1) is 10.3. The summed E-state index contributed by atoms with van der Waals surface area (Å²) < 4.78 is 0.673. The number of rotatable bonds is 1. The van der Waals surface area contributed by atoms with Crippen LogP contribution in [0.4, 0.5) is 5.69 Å². The number of hydrogen-bond donors (Lipinski definition) is 2. The standard InChI is InChI=1S/C12H6BrNO3/c13-7-3-4-8-10-5(11(15)14-8)1-2-6(9(7)10)12(16)17/h1-4H,(H,14,15)(H,16,17). The number of carboxylic acid groups (broad SMARTS) is 1. The van der Waals surface area contributed by atoms with Crippen LogP contribution in [-0.4, -0.2) is 17.0 Å². The van der Waals surface area contributed by atoms with Crippen LogP contribution >= 0.6 is 15.9 Å². The van der Waals surface area contributed by atoms with Crippen LogP contribution in [0.2, 0.25) is 0 Å². The summed E-state index contributed by atoms with van der Waals surface area (Å²) in [5.74, 6) is -1.20. The molecule has 0 unspecified atom stereocenters. The molecular weight excluding hydrogens is 286 g/mol. The number of carbonyl (C=O) groups excluding carboxylic acids is 1. The van der Waals surface area contributed by atoms with Crippen LogP contribution in [0.3, 0.4) is 0 Å². The Balaban J connectivity index is 2.56. The zero-order valence-electron chi connectivity index (χ0n) is 8.45. The molecule has 0 spiro atoms. The molecule has 1 aliphatic heterocycles. The minimum Gasteiger partial charge on any atom is -0.478 e. The Kier molecular flexibility index (Phi) is 2.00. The highest BCUT2D eigenvalue weighted by molar-refractivity contribution is 9.10. The van der Waals surface area contributed by atoms with Crippen molar-refractivity contribution in [3.05, 3.63) is 39.9 Å². The van der Waals surface area contributed by atoms with Gasteiger partial charge in [-0.25, -0.2) is 4.79 Å². The number of nitrogens with one attached hydrogen (secondary N) is 1. The minimum absolute atomic E-state index is 0.189. The second-order valence-corrected chi connectivity index (χ2v) is 4.62. The Morgan fingerprint density at radius 2 is 1.94 bits per heavy atom. The number of carbonyl (C=O) groups is 2. The van der Waals surface area contributed by atoms with Crippen molar-refractivity contribution in [3.63, 3.8) is 0 Å². The summed E-state index contributed by atoms with van der Waals surface area (Å²) in [5, 5.41) is 13.1. The summed E-state index contributed by atoms with van der Waals surface area (Å²) in [6.45, 7) is 0. The first-order chi connectivity index (χ1) is 8.09. The van der Waals surface area contributed by atoms with Crippen LogP contribution in [0.1, 0.15) is 20.7 Å². The second-order valence-electron chi connectivity index (χ2n) is 3.76. The number of anilines is 1. The molecule has 0 saturated carbocycles. The predicted octanol–water partition coefficient (Wildman–Crippen LogP) is 2.87. The smallest absolute Gasteiger partial charge is 0.336 e. The maximum absolute atomic E-state index is 11.7. The van der Waals surface area contributed by atoms with Crippen molar-refractivity contribution in [2.24, 2.45) is 0 Å². The van der Waals surface area contributed by atoms with Crippen molar-refractivity contribution < 1.29 is 14.7 Å². The van der Waals surface area contributed by atoms with Crippen molar-refractivity contribution in [2.75, 3.05) is 5.32 Å². The van der Waals surface area contributed by atoms with E-state index in [1.165, 1.54) is 6.07 Å². The average Bonchev–Trinajstić information content (AvgIpc) is 2.62. The summed E-state index contributed by atoms with van der Waals surface area (Å²) in [5.41, 5.74) is 1.36. The minimum atomic E-state index is -1.01. The number of benzene rings is 2. The van der Waals surface area contributed by atoms with Crippen molar-refractivity contribution in [3.8, 4) is 0 Å². The summed E-state index contributed by atoms with van der Waals surface area (Å²) in [6.07, 6.45) is 0. The third-order valence-corrected chi connectivity index (χ3v) is 3.49. The lowest BCUT2D eigenvalue weighted by Crippen LogP contribution is -2.04. The first-order valence-corrected chi connectivity index (χ1v) is 5.69. The Morgan fingerprint density at radius 1 is 1.18 bits per heavy atom. The zero-order chi connectivity index (χ0) is 12.2. The van der Waals surface area contributed by atoms with Crippen LogP contribution in [0.5, 0.6) is 0 Å². The van der Waals surface area contributed by atoms with Gasteiger partial charge in [0.25, 0.3) is 5.91 Å². The van der Waals surface area contributed by atoms with Gasteiger partial charge in [-0.05, 0) is 24.3 Å². The molecule has 0 aliphatic carbocycles. The lowest BCUT2D eigenvalue weighted by Gasteiger charge is -2.06. The van der Waals surface area contributed by atoms with Crippen LogP contribution in [0.25, 0.3) is 10.8 Å². The highest BCUT2D eigenvalue weighted by Crippen LogP contribution is 2.38. The molecule has 1 heterocycles. The molecule has 2 aromatic rings. The molecule has 0 radical (unpaired) electrons. The molecule has 0 atom stereocenters. The van der Waals surface area contributed by atoms with E-state index in [9.17, 15) is 9.59 Å². The van der Waals surface area contributed by atoms with Crippen molar-refractivity contribution in [1.29, 1.82) is 0 Å². The van der Waals surface area contributed by atoms with Gasteiger partial charge in [0.2, 0.25) is 0 Å². The monoisotopic (exact) mass is 291 g/mol. The van der Waals surface area contributed by atoms with Crippen LogP contribution in [0, 0.1) is 0 Å². The van der Waals surface area contributed by atoms with Gasteiger partial charge in [0, 0.05) is 26.5 Å². The van der Waals surface area contributed by atoms with E-state index >= 15 is 0 Å². The van der Waals surface area contributed by atoms with Gasteiger partial charge in [-0.15, -0.1) is 0 Å². The molecule has 0 aromatic heterocycles. The highest BCUT2D eigenvalue weighted by atomic mass is 79.9. The normalized spacial score (nSPS) is 12.9. The van der Waals surface area contributed by atoms with Crippen molar-refractivity contribution >= 4 is 44.3 Å². The van der Waals surface area contributed by atoms with Gasteiger partial charge in [0.05, 0.1) is 5.56 Å². The Hall–Kier alpha value is -1.88. The lowest BCUT2D eigenvalue weighted by atomic mass is 10.0. The highest BCUT2D eigenvalue weighted by Gasteiger charge is 2.25. The molecule has 0 bridgehead atoms. The molecule has 5 heteroatoms. The lowest BCUT2D eigenvalue weighted by molar-refractivity contribution is 0.0698. The zero-order valence-corrected chi connectivity index (χ0v) is 10.0. The molecule has 1 aliphatic rings. The number of hydrogen-bond acceptors (Lipinski definition) is 2. The van der Waals surface area contributed by atoms with E-state index < -0.39 is 5.97 Å². The predicted molar refractivity (Wildman–Crippen MR) is 66.6 cm³/mol. The molecule has 1 amide bonds. The maximum atomic E-state index is 11.7. The largest absolute Gasteiger partial charge is 0.478 e. The van der Waals surface area contributed by atoms with Gasteiger partial charge in [0.1, 0.15) is 0 Å². The fraction of sp³-hybridized carbons (Fsp3) is 0. The van der Waals surface area contributed by atoms with Crippen molar-refractivity contribution in [2.45, 2.75) is 0 Å². The third kappa shape index (κ3) is 1.29. The van der Waals surface area contributed by atoms with Crippen LogP contribution < -0.4 is 5.32 Å². The Labute approximate surface area is 104 Å². The molecule has 84 valence electrons. The summed E-state index contributed by atoms with van der Waals surface area (Å²) in [7, 11) is 0. The van der Waals surface area contributed by atoms with E-state index in [0.717, 1.165) is 0 Å². The molecule has 4 nitrogen and oxygen atoms in total. The van der Waals surface area contributed by atoms with Gasteiger partial charge in [-0.3, -0.25) is 4.79 Å². The summed E-state index contributed by atoms with van der Waals surface area (Å²) in [6, 6.07) is 6.50. The molecule has 2 N–H and O–H groups in total. The van der Waals surface area contributed by atoms with Crippen molar-refractivity contribution in [1.82, 2.24) is 0 Å². The number of aromatic carboxylic acids is 1. The van der Waals surface area contributed by atoms with Gasteiger partial charge < -0.3 is 10.4 Å². The van der Waals surface area contributed by atoms with Gasteiger partial charge in [-0.1, -0.05) is 15.9 Å². The quantitative estimate of drug-likeness (QED) is 0.849. The maximum Gasteiger partial charge on any atom is 0.336 e. The topological polar surface area (TPSA) is 66.4 Å². The fourth-order valence-electron chi connectivity index (χ4n) is 2.11. The van der Waals surface area contributed by atoms with Gasteiger partial charge in [-0.2, -0.15) is 0 Å². The molecule has 3 rings (SSSR count). The van der Waals surface area contributed by atoms with E-state index in [1.54, 1.807) is 18.2 Å². The molecule has 2 aromatic carbocycles. The second kappa shape index (κ2) is 3.30. The van der Waals surface area contributed by atoms with Crippen LogP contribution in [-0.2, 0) is 0 Å². The van der Waals surface area contributed by atoms with E-state index in [1.807, 2.05) is 0 Å². The molecule has 17 heavy (non-hydrogen) atoms. The SMILES string of the molecule is O=C(O)c1ccc2c3c(ccc(Br)c13)NC2=O. The van der Waals surface area contributed by atoms with E-state index in [2.05, 4.69) is 21.2 Å². The van der Waals surface area contributed by atoms with Gasteiger partial charge >= 0.3 is 5.97 Å². The summed E-state index contributed by atoms with van der Waals surface area (Å²) >= 11 is 3.33. The van der Waals surface area contributed by atoms with E-state index in [-0.39, 0.29) is 11.5 Å².